The van der Waals surface area contributed by atoms with Gasteiger partial charge in [-0.25, -0.2) is 0 Å². The molecule has 1 atom stereocenters. The normalized spacial score (nSPS) is 24.1. The van der Waals surface area contributed by atoms with Crippen molar-refractivity contribution in [2.75, 3.05) is 13.1 Å². The maximum atomic E-state index is 5.90. The number of morpholine rings is 1. The molecule has 1 unspecified atom stereocenters. The van der Waals surface area contributed by atoms with Crippen LogP contribution in [0.25, 0.3) is 0 Å². The summed E-state index contributed by atoms with van der Waals surface area (Å²) in [6, 6.07) is 4.12. The van der Waals surface area contributed by atoms with Crippen molar-refractivity contribution in [3.63, 3.8) is 0 Å². The van der Waals surface area contributed by atoms with E-state index in [1.54, 1.807) is 0 Å². The van der Waals surface area contributed by atoms with E-state index in [-0.39, 0.29) is 11.7 Å². The lowest BCUT2D eigenvalue weighted by atomic mass is 10.1. The SMILES string of the molecule is CC1CN(Cc2ccc(CN)cn2)CC(C)(C)O1. The Balaban J connectivity index is 1.99. The van der Waals surface area contributed by atoms with Crippen molar-refractivity contribution in [1.82, 2.24) is 9.88 Å². The van der Waals surface area contributed by atoms with Gasteiger partial charge in [-0.3, -0.25) is 9.88 Å². The fourth-order valence-corrected chi connectivity index (χ4v) is 2.60. The van der Waals surface area contributed by atoms with Crippen LogP contribution in [0.4, 0.5) is 0 Å². The highest BCUT2D eigenvalue weighted by Crippen LogP contribution is 2.21. The van der Waals surface area contributed by atoms with Crippen molar-refractivity contribution in [1.29, 1.82) is 0 Å². The van der Waals surface area contributed by atoms with E-state index in [9.17, 15) is 0 Å². The summed E-state index contributed by atoms with van der Waals surface area (Å²) in [5.41, 5.74) is 7.67. The van der Waals surface area contributed by atoms with Gasteiger partial charge in [0.05, 0.1) is 17.4 Å². The average molecular weight is 249 g/mol. The van der Waals surface area contributed by atoms with E-state index in [1.165, 1.54) is 0 Å². The van der Waals surface area contributed by atoms with Crippen molar-refractivity contribution >= 4 is 0 Å². The Labute approximate surface area is 109 Å². The van der Waals surface area contributed by atoms with Crippen LogP contribution >= 0.6 is 0 Å². The zero-order valence-corrected chi connectivity index (χ0v) is 11.5. The molecule has 1 fully saturated rings. The maximum Gasteiger partial charge on any atom is 0.0757 e. The van der Waals surface area contributed by atoms with Gasteiger partial charge in [-0.1, -0.05) is 6.07 Å². The standard InChI is InChI=1S/C14H23N3O/c1-11-8-17(10-14(2,3)18-11)9-13-5-4-12(6-15)7-16-13/h4-5,7,11H,6,8-10,15H2,1-3H3. The second-order valence-corrected chi connectivity index (χ2v) is 5.72. The van der Waals surface area contributed by atoms with Gasteiger partial charge in [0, 0.05) is 32.4 Å². The van der Waals surface area contributed by atoms with Crippen LogP contribution in [0, 0.1) is 0 Å². The second-order valence-electron chi connectivity index (χ2n) is 5.72. The summed E-state index contributed by atoms with van der Waals surface area (Å²) >= 11 is 0. The van der Waals surface area contributed by atoms with Crippen LogP contribution in [0.2, 0.25) is 0 Å². The van der Waals surface area contributed by atoms with Crippen LogP contribution < -0.4 is 5.73 Å². The van der Waals surface area contributed by atoms with Gasteiger partial charge in [0.2, 0.25) is 0 Å². The molecule has 1 aliphatic heterocycles. The predicted octanol–water partition coefficient (Wildman–Crippen LogP) is 1.54. The lowest BCUT2D eigenvalue weighted by molar-refractivity contribution is -0.130. The minimum absolute atomic E-state index is 0.0745. The quantitative estimate of drug-likeness (QED) is 0.883. The smallest absolute Gasteiger partial charge is 0.0757 e. The third-order valence-electron chi connectivity index (χ3n) is 3.15. The third kappa shape index (κ3) is 3.51. The molecule has 18 heavy (non-hydrogen) atoms. The monoisotopic (exact) mass is 249 g/mol. The number of rotatable bonds is 3. The number of hydrogen-bond acceptors (Lipinski definition) is 4. The highest BCUT2D eigenvalue weighted by atomic mass is 16.5. The van der Waals surface area contributed by atoms with Gasteiger partial charge in [-0.15, -0.1) is 0 Å². The molecule has 1 aromatic heterocycles. The van der Waals surface area contributed by atoms with E-state index >= 15 is 0 Å². The molecule has 0 bridgehead atoms. The summed E-state index contributed by atoms with van der Waals surface area (Å²) in [7, 11) is 0. The molecule has 2 N–H and O–H groups in total. The Bertz CT molecular complexity index is 389. The first-order valence-electron chi connectivity index (χ1n) is 6.52. The molecule has 2 rings (SSSR count). The molecule has 1 aliphatic rings. The highest BCUT2D eigenvalue weighted by Gasteiger charge is 2.31. The number of pyridine rings is 1. The van der Waals surface area contributed by atoms with Crippen molar-refractivity contribution in [3.05, 3.63) is 29.6 Å². The van der Waals surface area contributed by atoms with Crippen LogP contribution in [-0.4, -0.2) is 34.7 Å². The molecule has 4 heteroatoms. The Hall–Kier alpha value is -0.970. The van der Waals surface area contributed by atoms with Crippen LogP contribution in [0.5, 0.6) is 0 Å². The van der Waals surface area contributed by atoms with Crippen molar-refractivity contribution in [2.45, 2.75) is 45.6 Å². The van der Waals surface area contributed by atoms with E-state index < -0.39 is 0 Å². The van der Waals surface area contributed by atoms with E-state index in [4.69, 9.17) is 10.5 Å². The first-order valence-corrected chi connectivity index (χ1v) is 6.52. The molecule has 0 radical (unpaired) electrons. The van der Waals surface area contributed by atoms with Crippen molar-refractivity contribution < 1.29 is 4.74 Å². The Morgan fingerprint density at radius 2 is 2.28 bits per heavy atom. The van der Waals surface area contributed by atoms with Gasteiger partial charge in [0.1, 0.15) is 0 Å². The van der Waals surface area contributed by atoms with Crippen LogP contribution in [0.1, 0.15) is 32.0 Å². The first kappa shape index (κ1) is 13.5. The van der Waals surface area contributed by atoms with Crippen LogP contribution in [-0.2, 0) is 17.8 Å². The molecule has 0 aliphatic carbocycles. The van der Waals surface area contributed by atoms with Gasteiger partial charge in [-0.2, -0.15) is 0 Å². The average Bonchev–Trinajstić information content (AvgIpc) is 2.27. The third-order valence-corrected chi connectivity index (χ3v) is 3.15. The molecule has 1 saturated heterocycles. The molecule has 0 aromatic carbocycles. The van der Waals surface area contributed by atoms with E-state index in [0.717, 1.165) is 30.9 Å². The van der Waals surface area contributed by atoms with Gasteiger partial charge >= 0.3 is 0 Å². The summed E-state index contributed by atoms with van der Waals surface area (Å²) in [5, 5.41) is 0. The Morgan fingerprint density at radius 1 is 1.50 bits per heavy atom. The second kappa shape index (κ2) is 5.34. The summed E-state index contributed by atoms with van der Waals surface area (Å²) in [5.74, 6) is 0. The lowest BCUT2D eigenvalue weighted by Crippen LogP contribution is -2.51. The fraction of sp³-hybridized carbons (Fsp3) is 0.643. The number of aromatic nitrogens is 1. The zero-order valence-electron chi connectivity index (χ0n) is 11.5. The van der Waals surface area contributed by atoms with Gasteiger partial charge in [0.25, 0.3) is 0 Å². The van der Waals surface area contributed by atoms with Crippen LogP contribution in [0.15, 0.2) is 18.3 Å². The summed E-state index contributed by atoms with van der Waals surface area (Å²) in [6.45, 7) is 9.73. The Morgan fingerprint density at radius 3 is 2.83 bits per heavy atom. The van der Waals surface area contributed by atoms with Gasteiger partial charge in [0.15, 0.2) is 0 Å². The summed E-state index contributed by atoms with van der Waals surface area (Å²) in [4.78, 5) is 6.86. The lowest BCUT2D eigenvalue weighted by Gasteiger charge is -2.41. The highest BCUT2D eigenvalue weighted by molar-refractivity contribution is 5.13. The minimum atomic E-state index is -0.0745. The number of nitrogens with two attached hydrogens (primary N) is 1. The topological polar surface area (TPSA) is 51.4 Å². The van der Waals surface area contributed by atoms with Gasteiger partial charge in [-0.05, 0) is 32.4 Å². The molecule has 100 valence electrons. The number of nitrogens with zero attached hydrogens (tertiary/aromatic N) is 2. The van der Waals surface area contributed by atoms with Crippen molar-refractivity contribution in [3.8, 4) is 0 Å². The number of ether oxygens (including phenoxy) is 1. The molecule has 0 spiro atoms. The molecule has 4 nitrogen and oxygen atoms in total. The molecule has 1 aromatic rings. The maximum absolute atomic E-state index is 5.90. The fourth-order valence-electron chi connectivity index (χ4n) is 2.60. The first-order chi connectivity index (χ1) is 8.48. The predicted molar refractivity (Wildman–Crippen MR) is 72.0 cm³/mol. The van der Waals surface area contributed by atoms with E-state index in [0.29, 0.717) is 6.54 Å². The molecule has 0 saturated carbocycles. The molecule has 2 heterocycles. The summed E-state index contributed by atoms with van der Waals surface area (Å²) < 4.78 is 5.90. The molecular weight excluding hydrogens is 226 g/mol. The van der Waals surface area contributed by atoms with E-state index in [2.05, 4.69) is 42.8 Å². The molecule has 0 amide bonds. The minimum Gasteiger partial charge on any atom is -0.370 e. The van der Waals surface area contributed by atoms with Crippen LogP contribution in [0.3, 0.4) is 0 Å². The largest absolute Gasteiger partial charge is 0.370 e. The number of hydrogen-bond donors (Lipinski definition) is 1. The summed E-state index contributed by atoms with van der Waals surface area (Å²) in [6.07, 6.45) is 2.14. The molecular formula is C14H23N3O. The van der Waals surface area contributed by atoms with Gasteiger partial charge < -0.3 is 10.5 Å². The van der Waals surface area contributed by atoms with E-state index in [1.807, 2.05) is 6.20 Å². The van der Waals surface area contributed by atoms with Crippen molar-refractivity contribution in [2.24, 2.45) is 5.73 Å². The zero-order chi connectivity index (χ0) is 13.2. The Kier molecular flexibility index (Phi) is 4.00.